The normalized spacial score (nSPS) is 11.4. The zero-order valence-electron chi connectivity index (χ0n) is 17.0. The van der Waals surface area contributed by atoms with Crippen molar-refractivity contribution in [2.75, 3.05) is 16.6 Å². The van der Waals surface area contributed by atoms with Crippen LogP contribution in [0.2, 0.25) is 0 Å². The van der Waals surface area contributed by atoms with Crippen LogP contribution >= 0.6 is 0 Å². The second kappa shape index (κ2) is 9.81. The molecule has 4 N–H and O–H groups in total. The van der Waals surface area contributed by atoms with Crippen LogP contribution in [0.15, 0.2) is 88.7 Å². The van der Waals surface area contributed by atoms with Gasteiger partial charge >= 0.3 is 5.97 Å². The van der Waals surface area contributed by atoms with E-state index in [1.807, 2.05) is 0 Å². The number of carbonyl (C=O) groups is 2. The number of benzene rings is 3. The number of rotatable bonds is 8. The average molecular weight is 490 g/mol. The van der Waals surface area contributed by atoms with E-state index in [0.717, 1.165) is 0 Å². The van der Waals surface area contributed by atoms with Gasteiger partial charge in [-0.15, -0.1) is 0 Å². The predicted molar refractivity (Wildman–Crippen MR) is 120 cm³/mol. The van der Waals surface area contributed by atoms with Crippen molar-refractivity contribution >= 4 is 43.3 Å². The molecule has 0 aliphatic carbocycles. The molecule has 0 unspecified atom stereocenters. The summed E-state index contributed by atoms with van der Waals surface area (Å²) in [5.74, 6) is -1.50. The van der Waals surface area contributed by atoms with Gasteiger partial charge in [0.15, 0.2) is 6.61 Å². The van der Waals surface area contributed by atoms with Crippen LogP contribution in [0, 0.1) is 0 Å². The zero-order valence-corrected chi connectivity index (χ0v) is 18.6. The minimum atomic E-state index is -3.86. The number of primary sulfonamides is 1. The van der Waals surface area contributed by atoms with Gasteiger partial charge in [0.05, 0.1) is 15.4 Å². The van der Waals surface area contributed by atoms with E-state index >= 15 is 0 Å². The Balaban J connectivity index is 1.59. The number of anilines is 2. The van der Waals surface area contributed by atoms with E-state index in [1.165, 1.54) is 60.7 Å². The van der Waals surface area contributed by atoms with E-state index < -0.39 is 38.5 Å². The van der Waals surface area contributed by atoms with E-state index in [-0.39, 0.29) is 26.7 Å². The second-order valence-electron chi connectivity index (χ2n) is 6.69. The first-order valence-electron chi connectivity index (χ1n) is 9.32. The zero-order chi connectivity index (χ0) is 24.1. The fourth-order valence-electron chi connectivity index (χ4n) is 2.66. The second-order valence-corrected chi connectivity index (χ2v) is 9.94. The lowest BCUT2D eigenvalue weighted by atomic mass is 10.2. The predicted octanol–water partition coefficient (Wildman–Crippen LogP) is 1.93. The molecular formula is C21H19N3O7S2. The minimum Gasteiger partial charge on any atom is -0.452 e. The number of hydrogen-bond donors (Lipinski definition) is 3. The number of amides is 1. The maximum absolute atomic E-state index is 12.4. The van der Waals surface area contributed by atoms with Gasteiger partial charge in [-0.05, 0) is 54.6 Å². The number of carbonyl (C=O) groups excluding carboxylic acids is 2. The third kappa shape index (κ3) is 6.62. The molecule has 0 saturated carbocycles. The Labute approximate surface area is 190 Å². The van der Waals surface area contributed by atoms with E-state index in [4.69, 9.17) is 9.88 Å². The highest BCUT2D eigenvalue weighted by molar-refractivity contribution is 7.92. The summed E-state index contributed by atoms with van der Waals surface area (Å²) in [7, 11) is -7.70. The number of nitrogens with two attached hydrogens (primary N) is 1. The molecule has 3 rings (SSSR count). The highest BCUT2D eigenvalue weighted by atomic mass is 32.2. The van der Waals surface area contributed by atoms with Crippen molar-refractivity contribution in [1.82, 2.24) is 0 Å². The summed E-state index contributed by atoms with van der Waals surface area (Å²) in [5.41, 5.74) is 0.460. The first-order valence-corrected chi connectivity index (χ1v) is 12.4. The summed E-state index contributed by atoms with van der Waals surface area (Å²) in [5, 5.41) is 7.45. The molecule has 10 nitrogen and oxygen atoms in total. The fraction of sp³-hybridized carbons (Fsp3) is 0.0476. The lowest BCUT2D eigenvalue weighted by Crippen LogP contribution is -2.21. The molecule has 3 aromatic rings. The van der Waals surface area contributed by atoms with Crippen LogP contribution in [0.3, 0.4) is 0 Å². The number of esters is 1. The van der Waals surface area contributed by atoms with E-state index in [9.17, 15) is 26.4 Å². The quantitative estimate of drug-likeness (QED) is 0.407. The first-order chi connectivity index (χ1) is 15.5. The Morgan fingerprint density at radius 2 is 1.45 bits per heavy atom. The molecule has 1 amide bonds. The molecular weight excluding hydrogens is 470 g/mol. The van der Waals surface area contributed by atoms with Crippen molar-refractivity contribution in [3.63, 3.8) is 0 Å². The molecule has 0 aliphatic rings. The molecule has 12 heteroatoms. The van der Waals surface area contributed by atoms with Crippen molar-refractivity contribution in [2.24, 2.45) is 5.14 Å². The van der Waals surface area contributed by atoms with Crippen LogP contribution in [0.25, 0.3) is 0 Å². The Morgan fingerprint density at radius 3 is 2.09 bits per heavy atom. The van der Waals surface area contributed by atoms with Gasteiger partial charge in [-0.2, -0.15) is 0 Å². The summed E-state index contributed by atoms with van der Waals surface area (Å²) in [6.07, 6.45) is 0. The van der Waals surface area contributed by atoms with Crippen LogP contribution in [0.5, 0.6) is 0 Å². The topological polar surface area (TPSA) is 162 Å². The molecule has 0 spiro atoms. The Hall–Kier alpha value is -3.74. The summed E-state index contributed by atoms with van der Waals surface area (Å²) in [6, 6.07) is 18.5. The maximum atomic E-state index is 12.4. The molecule has 33 heavy (non-hydrogen) atoms. The van der Waals surface area contributed by atoms with E-state index in [1.54, 1.807) is 18.2 Å². The van der Waals surface area contributed by atoms with Gasteiger partial charge in [-0.25, -0.2) is 26.8 Å². The molecule has 0 aliphatic heterocycles. The SMILES string of the molecule is NS(=O)(=O)c1ccc(NC(=O)COC(=O)c2cccc(NS(=O)(=O)c3ccccc3)c2)cc1. The molecule has 0 aromatic heterocycles. The standard InChI is InChI=1S/C21H19N3O7S2/c22-32(27,28)18-11-9-16(10-12-18)23-20(25)14-31-21(26)15-5-4-6-17(13-15)24-33(29,30)19-7-2-1-3-8-19/h1-13,24H,14H2,(H,23,25)(H2,22,27,28). The maximum Gasteiger partial charge on any atom is 0.338 e. The van der Waals surface area contributed by atoms with Gasteiger partial charge in [0, 0.05) is 11.4 Å². The summed E-state index contributed by atoms with van der Waals surface area (Å²) < 4.78 is 54.7. The van der Waals surface area contributed by atoms with Crippen molar-refractivity contribution in [3.05, 3.63) is 84.4 Å². The van der Waals surface area contributed by atoms with Crippen LogP contribution in [-0.4, -0.2) is 35.3 Å². The number of ether oxygens (including phenoxy) is 1. The van der Waals surface area contributed by atoms with Crippen molar-refractivity contribution < 1.29 is 31.2 Å². The molecule has 0 saturated heterocycles. The van der Waals surface area contributed by atoms with Crippen molar-refractivity contribution in [3.8, 4) is 0 Å². The highest BCUT2D eigenvalue weighted by Crippen LogP contribution is 2.18. The van der Waals surface area contributed by atoms with Gasteiger partial charge in [0.1, 0.15) is 0 Å². The number of nitrogens with one attached hydrogen (secondary N) is 2. The van der Waals surface area contributed by atoms with Gasteiger partial charge < -0.3 is 10.1 Å². The van der Waals surface area contributed by atoms with Gasteiger partial charge in [0.25, 0.3) is 15.9 Å². The van der Waals surface area contributed by atoms with Crippen molar-refractivity contribution in [2.45, 2.75) is 9.79 Å². The minimum absolute atomic E-state index is 0.0357. The molecule has 172 valence electrons. The molecule has 0 radical (unpaired) electrons. The summed E-state index contributed by atoms with van der Waals surface area (Å²) >= 11 is 0. The van der Waals surface area contributed by atoms with Crippen LogP contribution < -0.4 is 15.2 Å². The lowest BCUT2D eigenvalue weighted by Gasteiger charge is -2.10. The fourth-order valence-corrected chi connectivity index (χ4v) is 4.25. The molecule has 0 bridgehead atoms. The Bertz CT molecular complexity index is 1370. The van der Waals surface area contributed by atoms with Gasteiger partial charge in [-0.3, -0.25) is 9.52 Å². The van der Waals surface area contributed by atoms with E-state index in [0.29, 0.717) is 0 Å². The monoisotopic (exact) mass is 489 g/mol. The Kier molecular flexibility index (Phi) is 7.11. The van der Waals surface area contributed by atoms with Crippen LogP contribution in [0.1, 0.15) is 10.4 Å². The largest absolute Gasteiger partial charge is 0.452 e. The Morgan fingerprint density at radius 1 is 0.788 bits per heavy atom. The first kappa shape index (κ1) is 23.9. The summed E-state index contributed by atoms with van der Waals surface area (Å²) in [4.78, 5) is 24.2. The van der Waals surface area contributed by atoms with Crippen molar-refractivity contribution in [1.29, 1.82) is 0 Å². The molecule has 0 heterocycles. The molecule has 3 aromatic carbocycles. The highest BCUT2D eigenvalue weighted by Gasteiger charge is 2.16. The third-order valence-electron chi connectivity index (χ3n) is 4.20. The van der Waals surface area contributed by atoms with Gasteiger partial charge in [0.2, 0.25) is 10.0 Å². The lowest BCUT2D eigenvalue weighted by molar-refractivity contribution is -0.119. The number of hydrogen-bond acceptors (Lipinski definition) is 7. The van der Waals surface area contributed by atoms with Crippen LogP contribution in [0.4, 0.5) is 11.4 Å². The smallest absolute Gasteiger partial charge is 0.338 e. The third-order valence-corrected chi connectivity index (χ3v) is 6.53. The van der Waals surface area contributed by atoms with Crippen LogP contribution in [-0.2, 0) is 29.6 Å². The summed E-state index contributed by atoms with van der Waals surface area (Å²) in [6.45, 7) is -0.615. The molecule has 0 fully saturated rings. The van der Waals surface area contributed by atoms with Gasteiger partial charge in [-0.1, -0.05) is 24.3 Å². The number of sulfonamides is 2. The molecule has 0 atom stereocenters. The van der Waals surface area contributed by atoms with E-state index in [2.05, 4.69) is 10.0 Å². The average Bonchev–Trinajstić information content (AvgIpc) is 2.78.